The van der Waals surface area contributed by atoms with Gasteiger partial charge in [-0.1, -0.05) is 0 Å². The summed E-state index contributed by atoms with van der Waals surface area (Å²) in [4.78, 5) is 32.6. The van der Waals surface area contributed by atoms with Gasteiger partial charge in [0.1, 0.15) is 11.4 Å². The molecule has 12 nitrogen and oxygen atoms in total. The topological polar surface area (TPSA) is 152 Å². The van der Waals surface area contributed by atoms with Crippen LogP contribution < -0.4 is 5.32 Å². The van der Waals surface area contributed by atoms with E-state index in [2.05, 4.69) is 41.6 Å². The van der Waals surface area contributed by atoms with E-state index in [0.717, 1.165) is 16.8 Å². The van der Waals surface area contributed by atoms with Gasteiger partial charge in [0.15, 0.2) is 18.4 Å². The fraction of sp³-hybridized carbons (Fsp3) is 0.214. The van der Waals surface area contributed by atoms with Crippen molar-refractivity contribution in [3.8, 4) is 11.5 Å². The van der Waals surface area contributed by atoms with Gasteiger partial charge in [0.25, 0.3) is 5.82 Å². The van der Waals surface area contributed by atoms with Crippen molar-refractivity contribution in [1.29, 1.82) is 0 Å². The number of imidazole rings is 1. The smallest absolute Gasteiger partial charge is 0.385 e. The molecule has 0 amide bonds. The molecule has 0 unspecified atom stereocenters. The summed E-state index contributed by atoms with van der Waals surface area (Å²) in [5.74, 6) is -3.08. The highest BCUT2D eigenvalue weighted by Gasteiger charge is 2.38. The molecule has 0 aliphatic heterocycles. The quantitative estimate of drug-likeness (QED) is 0.268. The Balaban J connectivity index is 2.32. The molecule has 0 radical (unpaired) electrons. The number of hydrogen-bond donors (Lipinski definition) is 3. The molecule has 0 aromatic carbocycles. The van der Waals surface area contributed by atoms with Gasteiger partial charge >= 0.3 is 14.0 Å². The van der Waals surface area contributed by atoms with Gasteiger partial charge in [-0.15, -0.1) is 5.10 Å². The zero-order valence-corrected chi connectivity index (χ0v) is 16.3. The lowest BCUT2D eigenvalue weighted by molar-refractivity contribution is -0.145. The largest absolute Gasteiger partial charge is 0.471 e. The van der Waals surface area contributed by atoms with E-state index < -0.39 is 38.2 Å². The summed E-state index contributed by atoms with van der Waals surface area (Å²) in [6.45, 7) is 2.21. The molecule has 3 N–H and O–H groups in total. The Morgan fingerprint density at radius 3 is 2.71 bits per heavy atom. The van der Waals surface area contributed by atoms with Crippen molar-refractivity contribution < 1.29 is 36.4 Å². The second-order valence-electron chi connectivity index (χ2n) is 5.73. The van der Waals surface area contributed by atoms with Crippen LogP contribution in [0.1, 0.15) is 11.5 Å². The third-order valence-corrected chi connectivity index (χ3v) is 4.13. The van der Waals surface area contributed by atoms with Gasteiger partial charge in [0.05, 0.1) is 24.3 Å². The maximum Gasteiger partial charge on any atom is 0.471 e. The average molecular weight is 464 g/mol. The van der Waals surface area contributed by atoms with Gasteiger partial charge in [-0.05, 0) is 6.72 Å². The van der Waals surface area contributed by atoms with E-state index in [1.54, 1.807) is 0 Å². The first kappa shape index (κ1) is 22.5. The molecular weight excluding hydrogens is 451 g/mol. The number of nitrogens with one attached hydrogen (secondary N) is 1. The Labute approximate surface area is 170 Å². The summed E-state index contributed by atoms with van der Waals surface area (Å²) in [5, 5.41) is 5.93. The Hall–Kier alpha value is -3.20. The zero-order valence-electron chi connectivity index (χ0n) is 15.4. The fourth-order valence-electron chi connectivity index (χ4n) is 2.52. The molecule has 166 valence electrons. The monoisotopic (exact) mass is 464 g/mol. The number of phosphoric ester groups is 1. The number of aliphatic imine (C=N–C) groups is 1. The summed E-state index contributed by atoms with van der Waals surface area (Å²) in [6, 6.07) is 0. The van der Waals surface area contributed by atoms with E-state index in [4.69, 9.17) is 9.79 Å². The van der Waals surface area contributed by atoms with E-state index in [0.29, 0.717) is 4.68 Å². The molecule has 0 spiro atoms. The van der Waals surface area contributed by atoms with Crippen LogP contribution in [0.3, 0.4) is 0 Å². The molecule has 3 rings (SSSR count). The van der Waals surface area contributed by atoms with Crippen molar-refractivity contribution in [1.82, 2.24) is 34.4 Å². The van der Waals surface area contributed by atoms with E-state index in [1.165, 1.54) is 13.2 Å². The van der Waals surface area contributed by atoms with Crippen molar-refractivity contribution in [2.24, 2.45) is 4.99 Å². The Bertz CT molecular complexity index is 1220. The van der Waals surface area contributed by atoms with Gasteiger partial charge in [-0.2, -0.15) is 13.2 Å². The standard InChI is InChI=1S/C14H13F4N8O4P/c1-19-4-8(20-2)10-9(22-13-21-3-7(15)5-25(10)13)11-23-12(14(16,17)18)24-26(11)6-30-31(27,28)29/h3-5,20H,1,6H2,2H3,(H2,27,28,29)/b8-4-. The van der Waals surface area contributed by atoms with Crippen molar-refractivity contribution in [3.05, 3.63) is 35.9 Å². The SMILES string of the molecule is C=N/C=C(\NC)c1c(-c2nc(C(F)(F)F)nn2COP(=O)(O)O)nc2ncc(F)cn12. The van der Waals surface area contributed by atoms with E-state index in [1.807, 2.05) is 0 Å². The van der Waals surface area contributed by atoms with E-state index in [9.17, 15) is 22.1 Å². The summed E-state index contributed by atoms with van der Waals surface area (Å²) < 4.78 is 70.3. The van der Waals surface area contributed by atoms with Gasteiger partial charge in [0.2, 0.25) is 5.78 Å². The van der Waals surface area contributed by atoms with E-state index >= 15 is 0 Å². The minimum absolute atomic E-state index is 0.0181. The second-order valence-corrected chi connectivity index (χ2v) is 6.97. The molecule has 0 fully saturated rings. The average Bonchev–Trinajstić information content (AvgIpc) is 3.25. The van der Waals surface area contributed by atoms with Crippen molar-refractivity contribution in [2.45, 2.75) is 12.9 Å². The van der Waals surface area contributed by atoms with Gasteiger partial charge < -0.3 is 15.1 Å². The summed E-state index contributed by atoms with van der Waals surface area (Å²) in [6.07, 6.45) is -1.99. The lowest BCUT2D eigenvalue weighted by atomic mass is 10.2. The Kier molecular flexibility index (Phi) is 5.91. The third kappa shape index (κ3) is 4.77. The maximum atomic E-state index is 13.8. The number of phosphoric acid groups is 1. The molecule has 3 aromatic heterocycles. The molecule has 0 aliphatic rings. The first-order valence-corrected chi connectivity index (χ1v) is 9.58. The molecule has 3 heterocycles. The molecule has 31 heavy (non-hydrogen) atoms. The number of halogens is 4. The third-order valence-electron chi connectivity index (χ3n) is 3.68. The van der Waals surface area contributed by atoms with Gasteiger partial charge in [0, 0.05) is 7.05 Å². The second kappa shape index (κ2) is 8.14. The summed E-state index contributed by atoms with van der Waals surface area (Å²) in [5.41, 5.74) is -0.154. The van der Waals surface area contributed by atoms with Crippen LogP contribution in [0.15, 0.2) is 23.6 Å². The van der Waals surface area contributed by atoms with Crippen LogP contribution >= 0.6 is 7.82 Å². The van der Waals surface area contributed by atoms with Crippen molar-refractivity contribution in [3.63, 3.8) is 0 Å². The van der Waals surface area contributed by atoms with Crippen LogP contribution in [0, 0.1) is 5.82 Å². The number of rotatable bonds is 7. The lowest BCUT2D eigenvalue weighted by Crippen LogP contribution is -2.11. The number of aromatic nitrogens is 6. The molecule has 3 aromatic rings. The Morgan fingerprint density at radius 1 is 1.42 bits per heavy atom. The fourth-order valence-corrected chi connectivity index (χ4v) is 2.78. The normalized spacial score (nSPS) is 13.1. The van der Waals surface area contributed by atoms with Crippen LogP contribution in [0.25, 0.3) is 23.0 Å². The number of fused-ring (bicyclic) bond motifs is 1. The lowest BCUT2D eigenvalue weighted by Gasteiger charge is -2.10. The highest BCUT2D eigenvalue weighted by Crippen LogP contribution is 2.37. The summed E-state index contributed by atoms with van der Waals surface area (Å²) >= 11 is 0. The number of alkyl halides is 3. The van der Waals surface area contributed by atoms with Crippen molar-refractivity contribution >= 4 is 26.0 Å². The first-order valence-electron chi connectivity index (χ1n) is 8.05. The van der Waals surface area contributed by atoms with E-state index in [-0.39, 0.29) is 22.9 Å². The van der Waals surface area contributed by atoms with Crippen LogP contribution in [0.4, 0.5) is 17.6 Å². The molecule has 0 saturated heterocycles. The summed E-state index contributed by atoms with van der Waals surface area (Å²) in [7, 11) is -3.61. The molecular formula is C14H13F4N8O4P. The predicted molar refractivity (Wildman–Crippen MR) is 96.7 cm³/mol. The minimum atomic E-state index is -5.06. The molecule has 0 atom stereocenters. The van der Waals surface area contributed by atoms with Crippen LogP contribution in [-0.4, -0.2) is 52.7 Å². The molecule has 0 saturated carbocycles. The van der Waals surface area contributed by atoms with Crippen LogP contribution in [-0.2, 0) is 22.0 Å². The predicted octanol–water partition coefficient (Wildman–Crippen LogP) is 1.43. The number of nitrogens with zero attached hydrogens (tertiary/aromatic N) is 7. The minimum Gasteiger partial charge on any atom is -0.385 e. The molecule has 0 aliphatic carbocycles. The first-order chi connectivity index (χ1) is 14.4. The molecule has 0 bridgehead atoms. The highest BCUT2D eigenvalue weighted by molar-refractivity contribution is 7.46. The zero-order chi connectivity index (χ0) is 23.0. The van der Waals surface area contributed by atoms with Gasteiger partial charge in [-0.3, -0.25) is 13.9 Å². The van der Waals surface area contributed by atoms with Crippen molar-refractivity contribution in [2.75, 3.05) is 7.05 Å². The highest BCUT2D eigenvalue weighted by atomic mass is 31.2. The van der Waals surface area contributed by atoms with Crippen LogP contribution in [0.5, 0.6) is 0 Å². The number of hydrogen-bond acceptors (Lipinski definition) is 8. The Morgan fingerprint density at radius 2 is 2.13 bits per heavy atom. The van der Waals surface area contributed by atoms with Gasteiger partial charge in [-0.25, -0.2) is 28.6 Å². The van der Waals surface area contributed by atoms with Crippen LogP contribution in [0.2, 0.25) is 0 Å². The molecule has 17 heteroatoms. The maximum absolute atomic E-state index is 13.8.